The third kappa shape index (κ3) is 13.2. The van der Waals surface area contributed by atoms with E-state index in [0.29, 0.717) is 32.1 Å². The molecular weight excluding hydrogens is 1120 g/mol. The quantitative estimate of drug-likeness (QED) is 0.0551. The summed E-state index contributed by atoms with van der Waals surface area (Å²) in [7, 11) is -4.87. The molecule has 0 amide bonds. The monoisotopic (exact) mass is 1210 g/mol. The van der Waals surface area contributed by atoms with Crippen molar-refractivity contribution in [2.75, 3.05) is 13.2 Å². The Morgan fingerprint density at radius 3 is 1.76 bits per heavy atom. The van der Waals surface area contributed by atoms with Gasteiger partial charge in [-0.25, -0.2) is 4.18 Å². The van der Waals surface area contributed by atoms with Gasteiger partial charge in [0.05, 0.1) is 49.3 Å². The van der Waals surface area contributed by atoms with Crippen molar-refractivity contribution in [2.24, 2.45) is 40.4 Å². The molecule has 0 aromatic heterocycles. The third-order valence-electron chi connectivity index (χ3n) is 19.9. The molecule has 5 saturated heterocycles. The number of fused-ring (bicyclic) bond motifs is 5. The number of carbonyl (C=O) groups excluding carboxylic acids is 1. The van der Waals surface area contributed by atoms with Crippen LogP contribution in [0.15, 0.2) is 11.6 Å². The molecule has 478 valence electrons. The fourth-order valence-corrected chi connectivity index (χ4v) is 16.0. The summed E-state index contributed by atoms with van der Waals surface area (Å²) in [5.74, 6) is -0.731. The highest BCUT2D eigenvalue weighted by Gasteiger charge is 2.64. The molecule has 4 aliphatic carbocycles. The minimum atomic E-state index is -4.87. The molecule has 0 unspecified atom stereocenters. The number of aliphatic hydroxyl groups is 12. The third-order valence-corrected chi connectivity index (χ3v) is 20.4. The fourth-order valence-electron chi connectivity index (χ4n) is 15.5. The maximum Gasteiger partial charge on any atom is 0.397 e. The van der Waals surface area contributed by atoms with E-state index < -0.39 is 199 Å². The Hall–Kier alpha value is -1.60. The number of aliphatic hydroxyl groups excluding tert-OH is 11. The van der Waals surface area contributed by atoms with E-state index in [2.05, 4.69) is 19.9 Å². The number of hydrogen-bond donors (Lipinski definition) is 13. The minimum Gasteiger partial charge on any atom is -0.389 e. The van der Waals surface area contributed by atoms with Gasteiger partial charge in [-0.15, -0.1) is 0 Å². The Kier molecular flexibility index (Phi) is 20.1. The number of ether oxygens (including phenoxy) is 10. The summed E-state index contributed by atoms with van der Waals surface area (Å²) in [5.41, 5.74) is -1.21. The second kappa shape index (κ2) is 25.4. The first-order valence-electron chi connectivity index (χ1n) is 29.3. The summed E-state index contributed by atoms with van der Waals surface area (Å²) in [6, 6.07) is 0. The highest BCUT2D eigenvalue weighted by molar-refractivity contribution is 7.80. The summed E-state index contributed by atoms with van der Waals surface area (Å²) >= 11 is 0. The van der Waals surface area contributed by atoms with Crippen LogP contribution in [0, 0.1) is 40.4 Å². The van der Waals surface area contributed by atoms with Gasteiger partial charge in [0, 0.05) is 12.8 Å². The molecule has 0 aromatic carbocycles. The van der Waals surface area contributed by atoms with Gasteiger partial charge in [0.15, 0.2) is 31.5 Å². The molecule has 13 N–H and O–H groups in total. The van der Waals surface area contributed by atoms with Crippen molar-refractivity contribution in [2.45, 2.75) is 272 Å². The maximum absolute atomic E-state index is 13.2. The van der Waals surface area contributed by atoms with Gasteiger partial charge in [-0.1, -0.05) is 39.3 Å². The normalized spacial score (nSPS) is 51.3. The molecule has 83 heavy (non-hydrogen) atoms. The molecule has 9 aliphatic rings. The number of ketones is 1. The summed E-state index contributed by atoms with van der Waals surface area (Å²) in [5, 5.41) is 134. The Morgan fingerprint density at radius 2 is 1.17 bits per heavy atom. The zero-order chi connectivity index (χ0) is 60.7. The number of hydrogen-bond acceptors (Lipinski definition) is 26. The zero-order valence-electron chi connectivity index (χ0n) is 48.1. The van der Waals surface area contributed by atoms with E-state index in [-0.39, 0.29) is 48.7 Å². The average Bonchev–Trinajstić information content (AvgIpc) is 1.90. The predicted molar refractivity (Wildman–Crippen MR) is 280 cm³/mol. The summed E-state index contributed by atoms with van der Waals surface area (Å²) in [6.07, 6.45) is -33.9. The largest absolute Gasteiger partial charge is 0.397 e. The lowest BCUT2D eigenvalue weighted by molar-refractivity contribution is -0.394. The van der Waals surface area contributed by atoms with Crippen molar-refractivity contribution < 1.29 is 131 Å². The van der Waals surface area contributed by atoms with Crippen LogP contribution in [0.2, 0.25) is 0 Å². The molecule has 9 rings (SSSR count). The minimum absolute atomic E-state index is 0.00824. The van der Waals surface area contributed by atoms with Crippen LogP contribution in [-0.4, -0.2) is 252 Å². The molecule has 0 bridgehead atoms. The fraction of sp³-hybridized carbons (Fsp3) is 0.945. The lowest BCUT2D eigenvalue weighted by Gasteiger charge is -2.60. The van der Waals surface area contributed by atoms with Gasteiger partial charge in [0.1, 0.15) is 97.3 Å². The van der Waals surface area contributed by atoms with Crippen LogP contribution in [-0.2, 0) is 66.7 Å². The first-order chi connectivity index (χ1) is 38.7. The molecule has 5 aliphatic heterocycles. The average molecular weight is 1220 g/mol. The van der Waals surface area contributed by atoms with Gasteiger partial charge in [-0.3, -0.25) is 9.35 Å². The molecule has 5 heterocycles. The van der Waals surface area contributed by atoms with Crippen molar-refractivity contribution in [3.63, 3.8) is 0 Å². The van der Waals surface area contributed by atoms with E-state index in [9.17, 15) is 79.0 Å². The van der Waals surface area contributed by atoms with Crippen LogP contribution in [0.1, 0.15) is 113 Å². The van der Waals surface area contributed by atoms with Crippen LogP contribution in [0.25, 0.3) is 0 Å². The van der Waals surface area contributed by atoms with Crippen LogP contribution in [0.3, 0.4) is 0 Å². The number of Topliss-reactive ketones (excluding diaryl/α,β-unsaturated/α-hetero) is 1. The zero-order valence-corrected chi connectivity index (χ0v) is 48.9. The van der Waals surface area contributed by atoms with Crippen molar-refractivity contribution >= 4 is 16.2 Å². The molecule has 0 radical (unpaired) electrons. The summed E-state index contributed by atoms with van der Waals surface area (Å²) in [6.45, 7) is 13.1. The smallest absolute Gasteiger partial charge is 0.389 e. The molecule has 27 nitrogen and oxygen atoms in total. The summed E-state index contributed by atoms with van der Waals surface area (Å²) in [4.78, 5) is 13.2. The van der Waals surface area contributed by atoms with E-state index in [1.165, 1.54) is 20.8 Å². The number of carbonyl (C=O) groups is 1. The van der Waals surface area contributed by atoms with E-state index in [1.807, 2.05) is 13.8 Å². The second-order valence-electron chi connectivity index (χ2n) is 26.2. The number of allylic oxidation sites excluding steroid dienone is 2. The standard InChI is InChI=1S/C55H90O27S/c1-21(2)15-25(56)18-55(8,68)34-10-9-28-27-17-32(30-16-26(82-83(69,70)71)11-13-53(30,6)29(27)12-14-54(28,34)7)77-50-44(67)45(37(60)24(5)76-50)79-52-47(81-49-43(66)41(64)36(59)23(4)75-49)39(62)33(20-73-52)78-51-46(38(61)31(57)19-72-51)80-48-42(65)40(63)35(58)22(3)74-48/h12,21-24,26-28,30-52,57-68H,9-11,13-20H2,1-8H3,(H,69,70,71)/t22-,23-,24-,26+,27+,28+,30-,31-,32+,33-,34+,35+,36-,37-,38+,39+,40+,41+,42-,43-,44-,45+,46-,47-,48+,49+,50+,51+,52+,53-,54+,55+/m1/s1. The van der Waals surface area contributed by atoms with Crippen LogP contribution >= 0.6 is 0 Å². The van der Waals surface area contributed by atoms with E-state index in [0.717, 1.165) is 12.0 Å². The van der Waals surface area contributed by atoms with Gasteiger partial charge in [0.25, 0.3) is 0 Å². The van der Waals surface area contributed by atoms with Gasteiger partial charge in [-0.05, 0) is 113 Å². The van der Waals surface area contributed by atoms with Crippen molar-refractivity contribution in [1.29, 1.82) is 0 Å². The first-order valence-corrected chi connectivity index (χ1v) is 30.7. The Morgan fingerprint density at radius 1 is 0.639 bits per heavy atom. The lowest BCUT2D eigenvalue weighted by atomic mass is 9.47. The molecule has 8 fully saturated rings. The Balaban J connectivity index is 0.972. The first kappa shape index (κ1) is 65.8. The van der Waals surface area contributed by atoms with Crippen molar-refractivity contribution in [1.82, 2.24) is 0 Å². The second-order valence-corrected chi connectivity index (χ2v) is 27.3. The molecule has 28 heteroatoms. The Bertz CT molecular complexity index is 2370. The topological polar surface area (TPSA) is 416 Å². The van der Waals surface area contributed by atoms with Crippen molar-refractivity contribution in [3.05, 3.63) is 11.6 Å². The van der Waals surface area contributed by atoms with E-state index in [1.54, 1.807) is 6.92 Å². The molecule has 0 spiro atoms. The summed E-state index contributed by atoms with van der Waals surface area (Å²) < 4.78 is 100. The van der Waals surface area contributed by atoms with E-state index >= 15 is 0 Å². The lowest BCUT2D eigenvalue weighted by Crippen LogP contribution is -2.66. The molecular formula is C55H90O27S. The van der Waals surface area contributed by atoms with Crippen LogP contribution in [0.5, 0.6) is 0 Å². The predicted octanol–water partition coefficient (Wildman–Crippen LogP) is -2.04. The Labute approximate surface area is 482 Å². The highest BCUT2D eigenvalue weighted by atomic mass is 32.3. The molecule has 0 aromatic rings. The maximum atomic E-state index is 13.2. The molecule has 32 atom stereocenters. The SMILES string of the molecule is CC(C)CC(=O)C[C@](C)(O)[C@H]1CC[C@H]2[C@@H]3C[C@H](O[C@@H]4O[C@H](C)[C@@H](O)[C@H](O[C@@H]5OC[C@@H](O[C@@H]6OC[C@@H](O)[C@H](O)[C@H]6O[C@@H]6O[C@H](C)[C@H](O)[C@H](O)[C@H]6O)[C@H](O)[C@H]5O[C@@H]5O[C@H](C)[C@@H](O)[C@H](O)[C@H]5O)[C@H]4O)[C@H]4C[C@@H](OS(=O)(=O)O)CC[C@]4(C)C3=CC[C@@]21C. The number of rotatable bonds is 17. The van der Waals surface area contributed by atoms with Gasteiger partial charge < -0.3 is 109 Å². The van der Waals surface area contributed by atoms with Gasteiger partial charge >= 0.3 is 10.4 Å². The van der Waals surface area contributed by atoms with Crippen LogP contribution < -0.4 is 0 Å². The van der Waals surface area contributed by atoms with Crippen LogP contribution in [0.4, 0.5) is 0 Å². The molecule has 3 saturated carbocycles. The van der Waals surface area contributed by atoms with Gasteiger partial charge in [-0.2, -0.15) is 8.42 Å². The van der Waals surface area contributed by atoms with Crippen molar-refractivity contribution in [3.8, 4) is 0 Å². The van der Waals surface area contributed by atoms with Gasteiger partial charge in [0.2, 0.25) is 0 Å². The van der Waals surface area contributed by atoms with E-state index in [4.69, 9.17) is 51.6 Å². The highest BCUT2D eigenvalue weighted by Crippen LogP contribution is 2.67.